The number of phenols is 1. The van der Waals surface area contributed by atoms with E-state index in [-0.39, 0.29) is 0 Å². The predicted molar refractivity (Wildman–Crippen MR) is 132 cm³/mol. The Hall–Kier alpha value is -2.62. The van der Waals surface area contributed by atoms with Crippen molar-refractivity contribution in [3.8, 4) is 16.2 Å². The van der Waals surface area contributed by atoms with Crippen molar-refractivity contribution in [2.24, 2.45) is 0 Å². The van der Waals surface area contributed by atoms with E-state index < -0.39 is 0 Å². The summed E-state index contributed by atoms with van der Waals surface area (Å²) in [4.78, 5) is 3.87. The molecule has 4 aromatic rings. The van der Waals surface area contributed by atoms with Gasteiger partial charge in [0.25, 0.3) is 0 Å². The molecule has 0 saturated carbocycles. The van der Waals surface area contributed by atoms with E-state index in [4.69, 9.17) is 0 Å². The van der Waals surface area contributed by atoms with Crippen LogP contribution in [0.2, 0.25) is 0 Å². The van der Waals surface area contributed by atoms with Gasteiger partial charge in [0.2, 0.25) is 0 Å². The molecule has 0 bridgehead atoms. The van der Waals surface area contributed by atoms with Gasteiger partial charge in [0.1, 0.15) is 5.75 Å². The fraction of sp³-hybridized carbons (Fsp3) is 0.286. The molecule has 2 heterocycles. The Labute approximate surface area is 188 Å². The average Bonchev–Trinajstić information content (AvgIpc) is 3.38. The van der Waals surface area contributed by atoms with Gasteiger partial charge >= 0.3 is 0 Å². The zero-order valence-corrected chi connectivity index (χ0v) is 19.1. The minimum absolute atomic E-state index is 0.312. The Bertz CT molecular complexity index is 1220. The Kier molecular flexibility index (Phi) is 5.56. The Morgan fingerprint density at radius 1 is 0.903 bits per heavy atom. The van der Waals surface area contributed by atoms with E-state index in [9.17, 15) is 5.11 Å². The smallest absolute Gasteiger partial charge is 0.115 e. The van der Waals surface area contributed by atoms with Crippen molar-refractivity contribution in [1.29, 1.82) is 0 Å². The van der Waals surface area contributed by atoms with Gasteiger partial charge in [-0.15, -0.1) is 11.3 Å². The standard InChI is InChI=1S/C28H29NOS/c1-19-5-12-25-26(28(31-27(25)15-19)22-8-10-24(30)11-9-22)17-21-6-7-23(20(2)16-21)18-29-13-3-4-14-29/h5-12,15-16,30H,3-4,13-14,17-18H2,1-2H3. The van der Waals surface area contributed by atoms with E-state index >= 15 is 0 Å². The van der Waals surface area contributed by atoms with E-state index in [0.717, 1.165) is 13.0 Å². The van der Waals surface area contributed by atoms with Gasteiger partial charge in [-0.05, 0) is 115 Å². The van der Waals surface area contributed by atoms with Gasteiger partial charge in [-0.3, -0.25) is 4.90 Å². The van der Waals surface area contributed by atoms with Crippen LogP contribution in [-0.4, -0.2) is 23.1 Å². The highest BCUT2D eigenvalue weighted by atomic mass is 32.1. The molecule has 1 N–H and O–H groups in total. The van der Waals surface area contributed by atoms with E-state index in [0.29, 0.717) is 5.75 Å². The maximum atomic E-state index is 9.74. The van der Waals surface area contributed by atoms with Crippen LogP contribution in [0.4, 0.5) is 0 Å². The quantitative estimate of drug-likeness (QED) is 0.368. The zero-order valence-electron chi connectivity index (χ0n) is 18.3. The molecule has 2 nitrogen and oxygen atoms in total. The number of hydrogen-bond acceptors (Lipinski definition) is 3. The molecule has 1 aromatic heterocycles. The number of aromatic hydroxyl groups is 1. The highest BCUT2D eigenvalue weighted by molar-refractivity contribution is 7.22. The molecule has 1 aliphatic heterocycles. The molecule has 1 aliphatic rings. The van der Waals surface area contributed by atoms with E-state index in [2.05, 4.69) is 55.1 Å². The normalized spacial score (nSPS) is 14.5. The Morgan fingerprint density at radius 2 is 1.68 bits per heavy atom. The molecule has 31 heavy (non-hydrogen) atoms. The third-order valence-electron chi connectivity index (χ3n) is 6.46. The molecule has 0 aliphatic carbocycles. The summed E-state index contributed by atoms with van der Waals surface area (Å²) < 4.78 is 1.33. The van der Waals surface area contributed by atoms with Crippen LogP contribution < -0.4 is 0 Å². The van der Waals surface area contributed by atoms with Crippen LogP contribution in [0.3, 0.4) is 0 Å². The van der Waals surface area contributed by atoms with E-state index in [1.165, 1.54) is 74.3 Å². The van der Waals surface area contributed by atoms with Crippen molar-refractivity contribution in [3.63, 3.8) is 0 Å². The summed E-state index contributed by atoms with van der Waals surface area (Å²) in [6.45, 7) is 7.95. The van der Waals surface area contributed by atoms with E-state index in [1.54, 1.807) is 12.1 Å². The molecule has 0 spiro atoms. The predicted octanol–water partition coefficient (Wildman–Crippen LogP) is 7.08. The fourth-order valence-corrected chi connectivity index (χ4v) is 6.03. The topological polar surface area (TPSA) is 23.5 Å². The highest BCUT2D eigenvalue weighted by Crippen LogP contribution is 2.40. The number of thiophene rings is 1. The molecule has 0 radical (unpaired) electrons. The highest BCUT2D eigenvalue weighted by Gasteiger charge is 2.16. The van der Waals surface area contributed by atoms with E-state index in [1.807, 2.05) is 23.5 Å². The second kappa shape index (κ2) is 8.49. The molecular formula is C28H29NOS. The lowest BCUT2D eigenvalue weighted by Gasteiger charge is -2.17. The number of aryl methyl sites for hydroxylation is 2. The Balaban J connectivity index is 1.51. The molecule has 1 fully saturated rings. The molecule has 0 amide bonds. The first-order valence-corrected chi connectivity index (χ1v) is 12.0. The first kappa shape index (κ1) is 20.3. The number of benzene rings is 3. The van der Waals surface area contributed by atoms with Crippen LogP contribution in [0.15, 0.2) is 60.7 Å². The first-order chi connectivity index (χ1) is 15.1. The van der Waals surface area contributed by atoms with Crippen molar-refractivity contribution in [2.75, 3.05) is 13.1 Å². The number of hydrogen-bond donors (Lipinski definition) is 1. The lowest BCUT2D eigenvalue weighted by atomic mass is 9.96. The van der Waals surface area contributed by atoms with Crippen molar-refractivity contribution in [3.05, 3.63) is 88.5 Å². The van der Waals surface area contributed by atoms with Crippen LogP contribution in [0.1, 0.15) is 40.7 Å². The summed E-state index contributed by atoms with van der Waals surface area (Å²) in [6.07, 6.45) is 3.59. The SMILES string of the molecule is Cc1ccc2c(Cc3ccc(CN4CCCC4)c(C)c3)c(-c3ccc(O)cc3)sc2c1. The lowest BCUT2D eigenvalue weighted by molar-refractivity contribution is 0.330. The second-order valence-corrected chi connectivity index (χ2v) is 9.93. The summed E-state index contributed by atoms with van der Waals surface area (Å²) in [7, 11) is 0. The summed E-state index contributed by atoms with van der Waals surface area (Å²) in [5.41, 5.74) is 8.07. The van der Waals surface area contributed by atoms with Crippen LogP contribution >= 0.6 is 11.3 Å². The lowest BCUT2D eigenvalue weighted by Crippen LogP contribution is -2.18. The third-order valence-corrected chi connectivity index (χ3v) is 7.70. The van der Waals surface area contributed by atoms with Crippen LogP contribution in [-0.2, 0) is 13.0 Å². The minimum Gasteiger partial charge on any atom is -0.508 e. The maximum absolute atomic E-state index is 9.74. The van der Waals surface area contributed by atoms with Gasteiger partial charge in [0, 0.05) is 16.1 Å². The number of fused-ring (bicyclic) bond motifs is 1. The third kappa shape index (κ3) is 4.26. The Morgan fingerprint density at radius 3 is 2.42 bits per heavy atom. The van der Waals surface area contributed by atoms with Gasteiger partial charge < -0.3 is 5.11 Å². The molecule has 0 unspecified atom stereocenters. The van der Waals surface area contributed by atoms with Gasteiger partial charge in [-0.25, -0.2) is 0 Å². The summed E-state index contributed by atoms with van der Waals surface area (Å²) in [6, 6.07) is 21.4. The molecular weight excluding hydrogens is 398 g/mol. The largest absolute Gasteiger partial charge is 0.508 e. The molecule has 3 aromatic carbocycles. The monoisotopic (exact) mass is 427 g/mol. The molecule has 1 saturated heterocycles. The van der Waals surface area contributed by atoms with Crippen LogP contribution in [0.25, 0.3) is 20.5 Å². The summed E-state index contributed by atoms with van der Waals surface area (Å²) in [5, 5.41) is 11.1. The van der Waals surface area contributed by atoms with Gasteiger partial charge in [-0.2, -0.15) is 0 Å². The number of nitrogens with zero attached hydrogens (tertiary/aromatic N) is 1. The van der Waals surface area contributed by atoms with Gasteiger partial charge in [0.05, 0.1) is 0 Å². The number of phenolic OH excluding ortho intramolecular Hbond substituents is 1. The van der Waals surface area contributed by atoms with Crippen molar-refractivity contribution in [1.82, 2.24) is 4.90 Å². The maximum Gasteiger partial charge on any atom is 0.115 e. The molecule has 158 valence electrons. The summed E-state index contributed by atoms with van der Waals surface area (Å²) >= 11 is 1.86. The molecule has 0 atom stereocenters. The average molecular weight is 428 g/mol. The van der Waals surface area contributed by atoms with Crippen LogP contribution in [0.5, 0.6) is 5.75 Å². The second-order valence-electron chi connectivity index (χ2n) is 8.88. The van der Waals surface area contributed by atoms with Crippen LogP contribution in [0, 0.1) is 13.8 Å². The molecule has 3 heteroatoms. The minimum atomic E-state index is 0.312. The van der Waals surface area contributed by atoms with Crippen molar-refractivity contribution < 1.29 is 5.11 Å². The van der Waals surface area contributed by atoms with Crippen molar-refractivity contribution in [2.45, 2.75) is 39.7 Å². The number of likely N-dealkylation sites (tertiary alicyclic amines) is 1. The number of rotatable bonds is 5. The fourth-order valence-electron chi connectivity index (χ4n) is 4.71. The van der Waals surface area contributed by atoms with Crippen molar-refractivity contribution >= 4 is 21.4 Å². The van der Waals surface area contributed by atoms with Gasteiger partial charge in [0.15, 0.2) is 0 Å². The summed E-state index contributed by atoms with van der Waals surface area (Å²) in [5.74, 6) is 0.312. The zero-order chi connectivity index (χ0) is 21.4. The van der Waals surface area contributed by atoms with Gasteiger partial charge in [-0.1, -0.05) is 30.3 Å². The first-order valence-electron chi connectivity index (χ1n) is 11.2. The molecule has 5 rings (SSSR count).